The largest absolute Gasteiger partial charge is 0.355 e. The first-order chi connectivity index (χ1) is 7.43. The zero-order valence-corrected chi connectivity index (χ0v) is 12.0. The summed E-state index contributed by atoms with van der Waals surface area (Å²) in [5.74, 6) is 0.0517. The molecule has 1 aromatic heterocycles. The fraction of sp³-hybridized carbons (Fsp3) is 0.545. The minimum absolute atomic E-state index is 0.0360. The summed E-state index contributed by atoms with van der Waals surface area (Å²) in [4.78, 5) is 12.7. The first-order valence-corrected chi connectivity index (χ1v) is 6.80. The van der Waals surface area contributed by atoms with E-state index in [1.54, 1.807) is 11.3 Å². The highest BCUT2D eigenvalue weighted by Gasteiger charge is 2.16. The number of hydrogen-bond acceptors (Lipinski definition) is 3. The Kier molecular flexibility index (Phi) is 4.95. The number of rotatable bonds is 5. The molecule has 0 atom stereocenters. The van der Waals surface area contributed by atoms with Gasteiger partial charge in [0, 0.05) is 21.3 Å². The number of carbonyl (C=O) groups is 1. The third-order valence-corrected chi connectivity index (χ3v) is 3.97. The maximum Gasteiger partial charge on any atom is 0.225 e. The highest BCUT2D eigenvalue weighted by Crippen LogP contribution is 2.20. The minimum atomic E-state index is -0.0360. The highest BCUT2D eigenvalue weighted by atomic mass is 79.9. The summed E-state index contributed by atoms with van der Waals surface area (Å²) in [5.41, 5.74) is 5.56. The fourth-order valence-corrected chi connectivity index (χ4v) is 2.53. The van der Waals surface area contributed by atoms with Crippen molar-refractivity contribution in [3.8, 4) is 0 Å². The van der Waals surface area contributed by atoms with Crippen LogP contribution in [0, 0.1) is 5.41 Å². The highest BCUT2D eigenvalue weighted by molar-refractivity contribution is 9.10. The van der Waals surface area contributed by atoms with Crippen LogP contribution in [0.2, 0.25) is 0 Å². The molecule has 0 saturated heterocycles. The van der Waals surface area contributed by atoms with Crippen molar-refractivity contribution in [2.45, 2.75) is 20.3 Å². The van der Waals surface area contributed by atoms with E-state index >= 15 is 0 Å². The lowest BCUT2D eigenvalue weighted by Crippen LogP contribution is -2.38. The molecule has 0 aromatic carbocycles. The van der Waals surface area contributed by atoms with Crippen molar-refractivity contribution >= 4 is 33.2 Å². The monoisotopic (exact) mass is 304 g/mol. The van der Waals surface area contributed by atoms with Gasteiger partial charge >= 0.3 is 0 Å². The van der Waals surface area contributed by atoms with Crippen molar-refractivity contribution in [1.82, 2.24) is 5.32 Å². The number of thiophene rings is 1. The molecule has 1 rings (SSSR count). The normalized spacial score (nSPS) is 11.5. The predicted octanol–water partition coefficient (Wildman–Crippen LogP) is 2.15. The van der Waals surface area contributed by atoms with Crippen LogP contribution in [0.4, 0.5) is 0 Å². The van der Waals surface area contributed by atoms with Crippen molar-refractivity contribution in [3.05, 3.63) is 20.8 Å². The molecular weight excluding hydrogens is 288 g/mol. The summed E-state index contributed by atoms with van der Waals surface area (Å²) in [5, 5.41) is 4.88. The number of amides is 1. The molecule has 0 aliphatic heterocycles. The Morgan fingerprint density at radius 1 is 1.62 bits per heavy atom. The molecule has 0 saturated carbocycles. The van der Waals surface area contributed by atoms with Crippen LogP contribution in [0.15, 0.2) is 15.9 Å². The molecule has 0 fully saturated rings. The summed E-state index contributed by atoms with van der Waals surface area (Å²) < 4.78 is 1.03. The van der Waals surface area contributed by atoms with Gasteiger partial charge in [-0.3, -0.25) is 4.79 Å². The van der Waals surface area contributed by atoms with Crippen LogP contribution in [-0.2, 0) is 11.2 Å². The van der Waals surface area contributed by atoms with Crippen LogP contribution < -0.4 is 11.1 Å². The van der Waals surface area contributed by atoms with E-state index in [0.717, 1.165) is 9.35 Å². The number of hydrogen-bond donors (Lipinski definition) is 2. The first-order valence-electron chi connectivity index (χ1n) is 5.12. The maximum absolute atomic E-state index is 11.6. The lowest BCUT2D eigenvalue weighted by atomic mass is 9.94. The standard InChI is InChI=1S/C11H17BrN2OS/c1-11(2,6-13)7-14-10(15)4-9-3-8(12)5-16-9/h3,5H,4,6-7,13H2,1-2H3,(H,14,15). The Labute approximate surface area is 109 Å². The van der Waals surface area contributed by atoms with Gasteiger partial charge in [0.25, 0.3) is 0 Å². The summed E-state index contributed by atoms with van der Waals surface area (Å²) >= 11 is 4.95. The topological polar surface area (TPSA) is 55.1 Å². The fourth-order valence-electron chi connectivity index (χ4n) is 1.08. The van der Waals surface area contributed by atoms with Gasteiger partial charge in [-0.1, -0.05) is 13.8 Å². The molecule has 0 aliphatic rings. The Morgan fingerprint density at radius 2 is 2.31 bits per heavy atom. The van der Waals surface area contributed by atoms with Crippen LogP contribution in [-0.4, -0.2) is 19.0 Å². The molecule has 1 aromatic rings. The van der Waals surface area contributed by atoms with Crippen molar-refractivity contribution in [1.29, 1.82) is 0 Å². The van der Waals surface area contributed by atoms with Crippen LogP contribution in [0.3, 0.4) is 0 Å². The van der Waals surface area contributed by atoms with Crippen LogP contribution in [0.5, 0.6) is 0 Å². The number of carbonyl (C=O) groups excluding carboxylic acids is 1. The smallest absolute Gasteiger partial charge is 0.225 e. The molecule has 3 N–H and O–H groups in total. The summed E-state index contributed by atoms with van der Waals surface area (Å²) in [6, 6.07) is 1.97. The number of nitrogens with two attached hydrogens (primary N) is 1. The molecule has 1 heterocycles. The number of nitrogens with one attached hydrogen (secondary N) is 1. The van der Waals surface area contributed by atoms with Gasteiger partial charge in [0.2, 0.25) is 5.91 Å². The molecule has 90 valence electrons. The second-order valence-corrected chi connectivity index (χ2v) is 6.46. The molecule has 3 nitrogen and oxygen atoms in total. The van der Waals surface area contributed by atoms with Gasteiger partial charge in [-0.25, -0.2) is 0 Å². The molecule has 0 bridgehead atoms. The van der Waals surface area contributed by atoms with E-state index in [0.29, 0.717) is 19.5 Å². The molecular formula is C11H17BrN2OS. The second-order valence-electron chi connectivity index (χ2n) is 4.55. The van der Waals surface area contributed by atoms with E-state index in [4.69, 9.17) is 5.73 Å². The zero-order chi connectivity index (χ0) is 12.2. The van der Waals surface area contributed by atoms with Gasteiger partial charge in [-0.05, 0) is 34.0 Å². The SMILES string of the molecule is CC(C)(CN)CNC(=O)Cc1cc(Br)cs1. The number of halogens is 1. The van der Waals surface area contributed by atoms with E-state index in [2.05, 4.69) is 21.2 Å². The van der Waals surface area contributed by atoms with Gasteiger partial charge in [-0.2, -0.15) is 0 Å². The minimum Gasteiger partial charge on any atom is -0.355 e. The average Bonchev–Trinajstić information content (AvgIpc) is 2.61. The Hall–Kier alpha value is -0.390. The predicted molar refractivity (Wildman–Crippen MR) is 71.6 cm³/mol. The summed E-state index contributed by atoms with van der Waals surface area (Å²) in [7, 11) is 0. The Balaban J connectivity index is 2.37. The molecule has 0 aliphatic carbocycles. The Morgan fingerprint density at radius 3 is 2.81 bits per heavy atom. The second kappa shape index (κ2) is 5.80. The molecule has 0 radical (unpaired) electrons. The third kappa shape index (κ3) is 4.63. The van der Waals surface area contributed by atoms with Crippen LogP contribution >= 0.6 is 27.3 Å². The maximum atomic E-state index is 11.6. The van der Waals surface area contributed by atoms with Crippen molar-refractivity contribution in [3.63, 3.8) is 0 Å². The molecule has 1 amide bonds. The zero-order valence-electron chi connectivity index (χ0n) is 9.55. The van der Waals surface area contributed by atoms with Gasteiger partial charge in [0.15, 0.2) is 0 Å². The lowest BCUT2D eigenvalue weighted by molar-refractivity contribution is -0.120. The van der Waals surface area contributed by atoms with Gasteiger partial charge in [0.05, 0.1) is 6.42 Å². The summed E-state index contributed by atoms with van der Waals surface area (Å²) in [6.07, 6.45) is 0.441. The van der Waals surface area contributed by atoms with Crippen molar-refractivity contribution in [2.75, 3.05) is 13.1 Å². The first kappa shape index (κ1) is 13.7. The third-order valence-electron chi connectivity index (χ3n) is 2.27. The van der Waals surface area contributed by atoms with Crippen molar-refractivity contribution in [2.24, 2.45) is 11.1 Å². The quantitative estimate of drug-likeness (QED) is 0.876. The van der Waals surface area contributed by atoms with E-state index in [1.807, 2.05) is 25.3 Å². The van der Waals surface area contributed by atoms with Crippen LogP contribution in [0.1, 0.15) is 18.7 Å². The average molecular weight is 305 g/mol. The van der Waals surface area contributed by atoms with Gasteiger partial charge in [-0.15, -0.1) is 11.3 Å². The molecule has 0 unspecified atom stereocenters. The molecule has 5 heteroatoms. The molecule has 0 spiro atoms. The van der Waals surface area contributed by atoms with Gasteiger partial charge in [0.1, 0.15) is 0 Å². The van der Waals surface area contributed by atoms with Crippen LogP contribution in [0.25, 0.3) is 0 Å². The van der Waals surface area contributed by atoms with E-state index in [9.17, 15) is 4.79 Å². The van der Waals surface area contributed by atoms with Gasteiger partial charge < -0.3 is 11.1 Å². The van der Waals surface area contributed by atoms with Crippen molar-refractivity contribution < 1.29 is 4.79 Å². The van der Waals surface area contributed by atoms with E-state index in [1.165, 1.54) is 0 Å². The van der Waals surface area contributed by atoms with E-state index in [-0.39, 0.29) is 11.3 Å². The lowest BCUT2D eigenvalue weighted by Gasteiger charge is -2.22. The summed E-state index contributed by atoms with van der Waals surface area (Å²) in [6.45, 7) is 5.26. The molecule has 16 heavy (non-hydrogen) atoms. The Bertz CT molecular complexity index is 363. The van der Waals surface area contributed by atoms with E-state index < -0.39 is 0 Å².